The van der Waals surface area contributed by atoms with Gasteiger partial charge in [0.25, 0.3) is 11.3 Å². The second-order valence-corrected chi connectivity index (χ2v) is 6.18. The Balaban J connectivity index is 1.58. The number of aliphatic hydroxyl groups is 1. The van der Waals surface area contributed by atoms with Gasteiger partial charge in [0, 0.05) is 24.6 Å². The lowest BCUT2D eigenvalue weighted by molar-refractivity contribution is -0.122. The second kappa shape index (κ2) is 7.92. The summed E-state index contributed by atoms with van der Waals surface area (Å²) in [6.45, 7) is 1.59. The number of nitrogens with one attached hydrogen (secondary N) is 2. The lowest BCUT2D eigenvalue weighted by atomic mass is 10.1. The fraction of sp³-hybridized carbons (Fsp3) is 0.333. The molecule has 0 saturated heterocycles. The van der Waals surface area contributed by atoms with Crippen LogP contribution in [0.25, 0.3) is 5.78 Å². The van der Waals surface area contributed by atoms with E-state index in [1.54, 1.807) is 6.92 Å². The van der Waals surface area contributed by atoms with E-state index in [9.17, 15) is 14.7 Å². The molecule has 3 rings (SSSR count). The summed E-state index contributed by atoms with van der Waals surface area (Å²) >= 11 is 0. The van der Waals surface area contributed by atoms with E-state index in [-0.39, 0.29) is 30.5 Å². The number of carbonyl (C=O) groups is 1. The molecule has 0 aliphatic heterocycles. The molecule has 3 N–H and O–H groups in total. The molecular weight excluding hydrogens is 334 g/mol. The Morgan fingerprint density at radius 2 is 2.08 bits per heavy atom. The Morgan fingerprint density at radius 3 is 2.81 bits per heavy atom. The third kappa shape index (κ3) is 4.34. The number of amides is 1. The van der Waals surface area contributed by atoms with Crippen LogP contribution < -0.4 is 10.9 Å². The molecule has 2 heterocycles. The highest BCUT2D eigenvalue weighted by atomic mass is 16.3. The van der Waals surface area contributed by atoms with Gasteiger partial charge >= 0.3 is 0 Å². The fourth-order valence-electron chi connectivity index (χ4n) is 2.74. The predicted octanol–water partition coefficient (Wildman–Crippen LogP) is 0.378. The van der Waals surface area contributed by atoms with Crippen molar-refractivity contribution in [1.29, 1.82) is 0 Å². The number of benzene rings is 1. The molecule has 0 aliphatic carbocycles. The number of aryl methyl sites for hydroxylation is 2. The molecule has 1 atom stereocenters. The van der Waals surface area contributed by atoms with Crippen molar-refractivity contribution in [2.45, 2.75) is 32.2 Å². The molecule has 1 amide bonds. The van der Waals surface area contributed by atoms with Crippen molar-refractivity contribution in [1.82, 2.24) is 24.9 Å². The van der Waals surface area contributed by atoms with Gasteiger partial charge in [-0.25, -0.2) is 4.98 Å². The van der Waals surface area contributed by atoms with Gasteiger partial charge in [0.15, 0.2) is 0 Å². The van der Waals surface area contributed by atoms with Crippen LogP contribution in [0, 0.1) is 6.92 Å². The van der Waals surface area contributed by atoms with Crippen molar-refractivity contribution < 1.29 is 9.90 Å². The topological polar surface area (TPSA) is 112 Å². The van der Waals surface area contributed by atoms with Gasteiger partial charge in [-0.3, -0.25) is 14.7 Å². The van der Waals surface area contributed by atoms with E-state index in [1.165, 1.54) is 10.6 Å². The molecular formula is C18H21N5O3. The number of hydrogen-bond donors (Lipinski definition) is 3. The first kappa shape index (κ1) is 17.8. The quantitative estimate of drug-likeness (QED) is 0.567. The third-order valence-electron chi connectivity index (χ3n) is 4.00. The van der Waals surface area contributed by atoms with Gasteiger partial charge in [-0.05, 0) is 18.9 Å². The number of rotatable bonds is 7. The summed E-state index contributed by atoms with van der Waals surface area (Å²) in [5, 5.41) is 15.2. The Bertz CT molecular complexity index is 948. The number of aromatic amines is 1. The standard InChI is InChI=1S/C18H21N5O3/c1-12-9-17(26)23-18(19-12)21-15(22-23)7-8-16(25)20-14(11-24)10-13-5-3-2-4-6-13/h2-6,9,14,24H,7-8,10-11H2,1H3,(H,20,25)(H,19,21,22)/t14-/m0/s1. The van der Waals surface area contributed by atoms with E-state index >= 15 is 0 Å². The summed E-state index contributed by atoms with van der Waals surface area (Å²) in [5.74, 6) is 0.624. The average Bonchev–Trinajstić information content (AvgIpc) is 3.03. The number of nitrogens with zero attached hydrogens (tertiary/aromatic N) is 3. The molecule has 0 spiro atoms. The highest BCUT2D eigenvalue weighted by molar-refractivity contribution is 5.76. The molecule has 3 aromatic rings. The van der Waals surface area contributed by atoms with E-state index in [0.717, 1.165) is 5.56 Å². The van der Waals surface area contributed by atoms with Crippen LogP contribution in [-0.4, -0.2) is 43.2 Å². The molecule has 0 unspecified atom stereocenters. The molecule has 26 heavy (non-hydrogen) atoms. The predicted molar refractivity (Wildman–Crippen MR) is 95.8 cm³/mol. The molecule has 0 bridgehead atoms. The fourth-order valence-corrected chi connectivity index (χ4v) is 2.74. The molecule has 2 aromatic heterocycles. The van der Waals surface area contributed by atoms with E-state index in [4.69, 9.17) is 0 Å². The van der Waals surface area contributed by atoms with Gasteiger partial charge in [-0.2, -0.15) is 9.50 Å². The summed E-state index contributed by atoms with van der Waals surface area (Å²) in [4.78, 5) is 32.4. The Morgan fingerprint density at radius 1 is 1.31 bits per heavy atom. The van der Waals surface area contributed by atoms with Crippen molar-refractivity contribution in [3.05, 3.63) is 63.8 Å². The maximum Gasteiger partial charge on any atom is 0.274 e. The summed E-state index contributed by atoms with van der Waals surface area (Å²) < 4.78 is 1.26. The van der Waals surface area contributed by atoms with E-state index < -0.39 is 0 Å². The van der Waals surface area contributed by atoms with Crippen LogP contribution in [0.2, 0.25) is 0 Å². The van der Waals surface area contributed by atoms with Gasteiger partial charge < -0.3 is 10.4 Å². The van der Waals surface area contributed by atoms with Gasteiger partial charge in [0.2, 0.25) is 5.91 Å². The number of carbonyl (C=O) groups excluding carboxylic acids is 1. The SMILES string of the molecule is Cc1cc(=O)n2[nH]c(CCC(=O)N[C@H](CO)Cc3ccccc3)nc2n1. The van der Waals surface area contributed by atoms with E-state index in [0.29, 0.717) is 30.1 Å². The van der Waals surface area contributed by atoms with Gasteiger partial charge in [0.05, 0.1) is 12.6 Å². The van der Waals surface area contributed by atoms with Crippen molar-refractivity contribution in [3.8, 4) is 0 Å². The largest absolute Gasteiger partial charge is 0.394 e. The maximum atomic E-state index is 12.2. The van der Waals surface area contributed by atoms with E-state index in [1.807, 2.05) is 30.3 Å². The normalized spacial score (nSPS) is 12.2. The second-order valence-electron chi connectivity index (χ2n) is 6.18. The highest BCUT2D eigenvalue weighted by Crippen LogP contribution is 2.04. The number of aliphatic hydroxyl groups excluding tert-OH is 1. The van der Waals surface area contributed by atoms with Crippen molar-refractivity contribution in [3.63, 3.8) is 0 Å². The zero-order valence-electron chi connectivity index (χ0n) is 14.5. The zero-order chi connectivity index (χ0) is 18.5. The van der Waals surface area contributed by atoms with Crippen LogP contribution in [0.15, 0.2) is 41.2 Å². The number of hydrogen-bond acceptors (Lipinski definition) is 5. The Labute approximate surface area is 149 Å². The van der Waals surface area contributed by atoms with Gasteiger partial charge in [-0.15, -0.1) is 0 Å². The van der Waals surface area contributed by atoms with Crippen LogP contribution >= 0.6 is 0 Å². The molecule has 0 radical (unpaired) electrons. The number of H-pyrrole nitrogens is 1. The molecule has 0 fully saturated rings. The van der Waals surface area contributed by atoms with Crippen LogP contribution in [0.4, 0.5) is 0 Å². The smallest absolute Gasteiger partial charge is 0.274 e. The monoisotopic (exact) mass is 355 g/mol. The summed E-state index contributed by atoms with van der Waals surface area (Å²) in [6, 6.07) is 10.7. The minimum absolute atomic E-state index is 0.135. The summed E-state index contributed by atoms with van der Waals surface area (Å²) in [7, 11) is 0. The van der Waals surface area contributed by atoms with Crippen LogP contribution in [-0.2, 0) is 17.6 Å². The minimum Gasteiger partial charge on any atom is -0.394 e. The van der Waals surface area contributed by atoms with Crippen LogP contribution in [0.5, 0.6) is 0 Å². The molecule has 8 heteroatoms. The minimum atomic E-state index is -0.340. The number of aromatic nitrogens is 4. The Kier molecular flexibility index (Phi) is 5.43. The molecule has 0 aliphatic rings. The first-order valence-electron chi connectivity index (χ1n) is 8.44. The lowest BCUT2D eigenvalue weighted by Crippen LogP contribution is -2.39. The van der Waals surface area contributed by atoms with Crippen molar-refractivity contribution in [2.24, 2.45) is 0 Å². The first-order chi connectivity index (χ1) is 12.5. The maximum absolute atomic E-state index is 12.2. The van der Waals surface area contributed by atoms with Crippen molar-refractivity contribution in [2.75, 3.05) is 6.61 Å². The molecule has 136 valence electrons. The Hall–Kier alpha value is -3.00. The van der Waals surface area contributed by atoms with E-state index in [2.05, 4.69) is 20.4 Å². The van der Waals surface area contributed by atoms with Gasteiger partial charge in [0.1, 0.15) is 5.82 Å². The molecule has 0 saturated carbocycles. The summed E-state index contributed by atoms with van der Waals surface area (Å²) in [5.41, 5.74) is 1.40. The third-order valence-corrected chi connectivity index (χ3v) is 4.00. The molecule has 1 aromatic carbocycles. The van der Waals surface area contributed by atoms with Crippen molar-refractivity contribution >= 4 is 11.7 Å². The zero-order valence-corrected chi connectivity index (χ0v) is 14.5. The highest BCUT2D eigenvalue weighted by Gasteiger charge is 2.13. The first-order valence-corrected chi connectivity index (χ1v) is 8.44. The van der Waals surface area contributed by atoms with Gasteiger partial charge in [-0.1, -0.05) is 30.3 Å². The average molecular weight is 355 g/mol. The van der Waals surface area contributed by atoms with Crippen LogP contribution in [0.1, 0.15) is 23.5 Å². The van der Waals surface area contributed by atoms with Crippen LogP contribution in [0.3, 0.4) is 0 Å². The summed E-state index contributed by atoms with van der Waals surface area (Å²) in [6.07, 6.45) is 1.10. The molecule has 8 nitrogen and oxygen atoms in total. The number of fused-ring (bicyclic) bond motifs is 1. The lowest BCUT2D eigenvalue weighted by Gasteiger charge is -2.16.